The molecule has 30 heavy (non-hydrogen) atoms. The highest BCUT2D eigenvalue weighted by Crippen LogP contribution is 2.40. The van der Waals surface area contributed by atoms with Crippen LogP contribution in [0, 0.1) is 0 Å². The summed E-state index contributed by atoms with van der Waals surface area (Å²) in [5.41, 5.74) is 1.26. The van der Waals surface area contributed by atoms with Gasteiger partial charge in [0.05, 0.1) is 5.57 Å². The number of likely N-dealkylation sites (N-methyl/N-ethyl adjacent to an activating group) is 1. The van der Waals surface area contributed by atoms with E-state index in [4.69, 9.17) is 32.8 Å². The lowest BCUT2D eigenvalue weighted by molar-refractivity contribution is -0.218. The number of hydrogen-bond donors (Lipinski definition) is 0. The van der Waals surface area contributed by atoms with Gasteiger partial charge in [-0.05, 0) is 49.2 Å². The first-order chi connectivity index (χ1) is 14.0. The van der Waals surface area contributed by atoms with Crippen molar-refractivity contribution in [2.24, 2.45) is 0 Å². The molecule has 0 aromatic heterocycles. The summed E-state index contributed by atoms with van der Waals surface area (Å²) in [5.74, 6) is -0.370. The van der Waals surface area contributed by atoms with Gasteiger partial charge in [0, 0.05) is 36.8 Å². The number of rotatable bonds is 3. The second-order valence-electron chi connectivity index (χ2n) is 7.57. The van der Waals surface area contributed by atoms with Crippen LogP contribution < -0.4 is 0 Å². The molecule has 0 aliphatic carbocycles. The fourth-order valence-corrected chi connectivity index (χ4v) is 3.45. The van der Waals surface area contributed by atoms with Crippen molar-refractivity contribution in [3.8, 4) is 11.1 Å². The zero-order chi connectivity index (χ0) is 22.2. The molecule has 0 fully saturated rings. The summed E-state index contributed by atoms with van der Waals surface area (Å²) in [5, 5.41) is 2.09. The molecular formula is C22H22Cl2N2O4. The maximum absolute atomic E-state index is 13.1. The molecule has 0 saturated carbocycles. The lowest BCUT2D eigenvalue weighted by atomic mass is 9.92. The fraction of sp³-hybridized carbons (Fsp3) is 0.273. The van der Waals surface area contributed by atoms with Gasteiger partial charge in [-0.25, -0.2) is 9.86 Å². The molecule has 0 N–H and O–H groups in total. The number of hydrogen-bond acceptors (Lipinski definition) is 4. The molecule has 1 aliphatic heterocycles. The van der Waals surface area contributed by atoms with Crippen LogP contribution in [0.2, 0.25) is 10.0 Å². The van der Waals surface area contributed by atoms with Gasteiger partial charge in [0.15, 0.2) is 5.76 Å². The van der Waals surface area contributed by atoms with Gasteiger partial charge in [-0.15, -0.1) is 0 Å². The van der Waals surface area contributed by atoms with Gasteiger partial charge >= 0.3 is 6.09 Å². The molecule has 0 radical (unpaired) electrons. The molecule has 2 amide bonds. The Hall–Kier alpha value is -2.54. The second-order valence-corrected chi connectivity index (χ2v) is 8.42. The predicted octanol–water partition coefficient (Wildman–Crippen LogP) is 5.25. The van der Waals surface area contributed by atoms with E-state index in [0.29, 0.717) is 15.6 Å². The largest absolute Gasteiger partial charge is 0.414 e. The summed E-state index contributed by atoms with van der Waals surface area (Å²) in [7, 11) is 4.62. The van der Waals surface area contributed by atoms with Gasteiger partial charge in [-0.1, -0.05) is 41.4 Å². The molecule has 0 spiro atoms. The first-order valence-electron chi connectivity index (χ1n) is 9.18. The average molecular weight is 449 g/mol. The normalized spacial score (nSPS) is 16.0. The van der Waals surface area contributed by atoms with E-state index in [1.54, 1.807) is 52.2 Å². The van der Waals surface area contributed by atoms with E-state index in [0.717, 1.165) is 16.2 Å². The molecule has 8 heteroatoms. The number of amides is 2. The van der Waals surface area contributed by atoms with Gasteiger partial charge in [-0.3, -0.25) is 9.63 Å². The number of ether oxygens (including phenoxy) is 1. The number of halogens is 2. The van der Waals surface area contributed by atoms with Crippen molar-refractivity contribution in [3.05, 3.63) is 63.8 Å². The van der Waals surface area contributed by atoms with E-state index in [-0.39, 0.29) is 11.3 Å². The molecule has 0 atom stereocenters. The Morgan fingerprint density at radius 1 is 1.07 bits per heavy atom. The van der Waals surface area contributed by atoms with Crippen LogP contribution in [-0.4, -0.2) is 48.7 Å². The zero-order valence-electron chi connectivity index (χ0n) is 17.3. The third kappa shape index (κ3) is 4.31. The van der Waals surface area contributed by atoms with E-state index in [9.17, 15) is 9.59 Å². The molecular weight excluding hydrogens is 427 g/mol. The maximum Gasteiger partial charge on any atom is 0.414 e. The van der Waals surface area contributed by atoms with E-state index < -0.39 is 17.6 Å². The van der Waals surface area contributed by atoms with E-state index in [1.165, 1.54) is 11.9 Å². The van der Waals surface area contributed by atoms with E-state index >= 15 is 0 Å². The molecule has 1 aliphatic rings. The van der Waals surface area contributed by atoms with Gasteiger partial charge in [-0.2, -0.15) is 0 Å². The van der Waals surface area contributed by atoms with Crippen molar-refractivity contribution < 1.29 is 19.2 Å². The quantitative estimate of drug-likeness (QED) is 0.642. The Kier molecular flexibility index (Phi) is 6.13. The first-order valence-corrected chi connectivity index (χ1v) is 9.94. The highest BCUT2D eigenvalue weighted by molar-refractivity contribution is 6.35. The Labute approximate surface area is 185 Å². The number of hydroxylamine groups is 2. The molecule has 158 valence electrons. The van der Waals surface area contributed by atoms with Crippen LogP contribution in [0.1, 0.15) is 19.4 Å². The number of carbonyl (C=O) groups excluding carboxylic acids is 2. The van der Waals surface area contributed by atoms with Crippen LogP contribution in [0.4, 0.5) is 4.79 Å². The molecule has 6 nitrogen and oxygen atoms in total. The highest BCUT2D eigenvalue weighted by atomic mass is 35.5. The summed E-state index contributed by atoms with van der Waals surface area (Å²) >= 11 is 12.5. The minimum absolute atomic E-state index is 0.0967. The molecule has 2 aromatic carbocycles. The summed E-state index contributed by atoms with van der Waals surface area (Å²) in [6, 6.07) is 12.7. The summed E-state index contributed by atoms with van der Waals surface area (Å²) < 4.78 is 5.59. The molecule has 1 heterocycles. The Morgan fingerprint density at radius 2 is 1.67 bits per heavy atom. The minimum atomic E-state index is -1.08. The summed E-state index contributed by atoms with van der Waals surface area (Å²) in [4.78, 5) is 32.3. The van der Waals surface area contributed by atoms with Crippen LogP contribution in [0.3, 0.4) is 0 Å². The van der Waals surface area contributed by atoms with Gasteiger partial charge in [0.2, 0.25) is 0 Å². The lowest BCUT2D eigenvalue weighted by Gasteiger charge is -2.38. The van der Waals surface area contributed by atoms with Crippen molar-refractivity contribution in [2.45, 2.75) is 19.4 Å². The van der Waals surface area contributed by atoms with Crippen LogP contribution in [0.15, 0.2) is 48.2 Å². The topological polar surface area (TPSA) is 59.1 Å². The van der Waals surface area contributed by atoms with Crippen LogP contribution in [-0.2, 0) is 14.4 Å². The van der Waals surface area contributed by atoms with Crippen molar-refractivity contribution in [1.82, 2.24) is 9.96 Å². The molecule has 3 rings (SSSR count). The van der Waals surface area contributed by atoms with Crippen LogP contribution in [0.25, 0.3) is 16.7 Å². The third-order valence-corrected chi connectivity index (χ3v) is 5.19. The van der Waals surface area contributed by atoms with Gasteiger partial charge in [0.1, 0.15) is 5.60 Å². The SMILES string of the molecule is CN(C)C(=O)OC1=C(c2cc(-c3ccc(Cl)cc3)ccc2Cl)C(=O)N(C)OC1(C)C. The molecule has 0 bridgehead atoms. The molecule has 0 saturated heterocycles. The number of carbonyl (C=O) groups is 2. The van der Waals surface area contributed by atoms with Crippen molar-refractivity contribution in [3.63, 3.8) is 0 Å². The van der Waals surface area contributed by atoms with Gasteiger partial charge in [0.25, 0.3) is 5.91 Å². The standard InChI is InChI=1S/C22H22Cl2N2O4/c1-22(2)19(29-21(28)25(3)4)18(20(27)26(5)30-22)16-12-14(8-11-17(16)24)13-6-9-15(23)10-7-13/h6-12H,1-5H3. The van der Waals surface area contributed by atoms with Crippen molar-refractivity contribution in [2.75, 3.05) is 21.1 Å². The highest BCUT2D eigenvalue weighted by Gasteiger charge is 2.43. The van der Waals surface area contributed by atoms with Crippen molar-refractivity contribution in [1.29, 1.82) is 0 Å². The van der Waals surface area contributed by atoms with Crippen molar-refractivity contribution >= 4 is 40.8 Å². The van der Waals surface area contributed by atoms with Gasteiger partial charge < -0.3 is 9.64 Å². The Bertz CT molecular complexity index is 1030. The number of benzene rings is 2. The Morgan fingerprint density at radius 3 is 2.27 bits per heavy atom. The maximum atomic E-state index is 13.1. The zero-order valence-corrected chi connectivity index (χ0v) is 18.8. The fourth-order valence-electron chi connectivity index (χ4n) is 3.11. The minimum Gasteiger partial charge on any atom is -0.411 e. The molecule has 2 aromatic rings. The monoisotopic (exact) mass is 448 g/mol. The summed E-state index contributed by atoms with van der Waals surface area (Å²) in [6.45, 7) is 3.43. The first kappa shape index (κ1) is 22.2. The summed E-state index contributed by atoms with van der Waals surface area (Å²) in [6.07, 6.45) is -0.624. The lowest BCUT2D eigenvalue weighted by Crippen LogP contribution is -2.46. The van der Waals surface area contributed by atoms with E-state index in [1.807, 2.05) is 18.2 Å². The second kappa shape index (κ2) is 8.30. The smallest absolute Gasteiger partial charge is 0.411 e. The van der Waals surface area contributed by atoms with Crippen LogP contribution in [0.5, 0.6) is 0 Å². The number of nitrogens with zero attached hydrogens (tertiary/aromatic N) is 2. The Balaban J connectivity index is 2.23. The average Bonchev–Trinajstić information content (AvgIpc) is 2.67. The molecule has 0 unspecified atom stereocenters. The van der Waals surface area contributed by atoms with Crippen LogP contribution >= 0.6 is 23.2 Å². The van der Waals surface area contributed by atoms with E-state index in [2.05, 4.69) is 0 Å². The predicted molar refractivity (Wildman–Crippen MR) is 117 cm³/mol. The third-order valence-electron chi connectivity index (χ3n) is 4.61.